The Morgan fingerprint density at radius 3 is 2.57 bits per heavy atom. The molecule has 0 aliphatic heterocycles. The second-order valence-electron chi connectivity index (χ2n) is 4.67. The van der Waals surface area contributed by atoms with Crippen LogP contribution in [0.25, 0.3) is 10.8 Å². The van der Waals surface area contributed by atoms with Crippen LogP contribution in [-0.4, -0.2) is 12.1 Å². The number of ether oxygens (including phenoxy) is 1. The van der Waals surface area contributed by atoms with Crippen LogP contribution in [-0.2, 0) is 0 Å². The molecule has 1 heterocycles. The minimum Gasteiger partial charge on any atom is -0.494 e. The van der Waals surface area contributed by atoms with Crippen molar-refractivity contribution in [3.63, 3.8) is 0 Å². The van der Waals surface area contributed by atoms with Crippen molar-refractivity contribution in [1.82, 2.24) is 4.98 Å². The maximum atomic E-state index is 5.39. The van der Waals surface area contributed by atoms with E-state index in [0.717, 1.165) is 22.2 Å². The van der Waals surface area contributed by atoms with E-state index in [-0.39, 0.29) is 0 Å². The molecule has 21 heavy (non-hydrogen) atoms. The van der Waals surface area contributed by atoms with Gasteiger partial charge in [0.05, 0.1) is 7.11 Å². The molecule has 0 aliphatic carbocycles. The monoisotopic (exact) mass is 277 g/mol. The van der Waals surface area contributed by atoms with Gasteiger partial charge in [0.15, 0.2) is 5.82 Å². The third-order valence-corrected chi connectivity index (χ3v) is 3.21. The van der Waals surface area contributed by atoms with Gasteiger partial charge in [0.25, 0.3) is 0 Å². The smallest absolute Gasteiger partial charge is 0.174 e. The maximum absolute atomic E-state index is 5.39. The summed E-state index contributed by atoms with van der Waals surface area (Å²) < 4.78 is 5.39. The molecule has 0 amide bonds. The van der Waals surface area contributed by atoms with E-state index in [1.165, 1.54) is 0 Å². The summed E-state index contributed by atoms with van der Waals surface area (Å²) in [7, 11) is 1.63. The molecule has 0 atom stereocenters. The van der Waals surface area contributed by atoms with Crippen molar-refractivity contribution in [3.05, 3.63) is 60.3 Å². The van der Waals surface area contributed by atoms with Crippen molar-refractivity contribution >= 4 is 22.3 Å². The number of hydrogen-bond donors (Lipinski definition) is 0. The predicted molar refractivity (Wildman–Crippen MR) is 83.7 cm³/mol. The number of azo groups is 1. The molecule has 0 bridgehead atoms. The van der Waals surface area contributed by atoms with Crippen molar-refractivity contribution in [2.24, 2.45) is 10.2 Å². The Hall–Kier alpha value is -2.75. The van der Waals surface area contributed by atoms with Crippen molar-refractivity contribution in [1.29, 1.82) is 0 Å². The topological polar surface area (TPSA) is 46.8 Å². The van der Waals surface area contributed by atoms with Crippen molar-refractivity contribution < 1.29 is 4.74 Å². The standard InChI is InChI=1S/C17H15N3O/c1-12-6-5-9-16(18-12)19-20-17-14-8-4-3-7-13(14)10-11-15(17)21-2/h3-11H,1-2H3. The molecule has 104 valence electrons. The Balaban J connectivity index is 2.10. The molecule has 0 unspecified atom stereocenters. The fraction of sp³-hybridized carbons (Fsp3) is 0.118. The molecule has 3 rings (SSSR count). The van der Waals surface area contributed by atoms with Crippen molar-refractivity contribution in [2.45, 2.75) is 6.92 Å². The lowest BCUT2D eigenvalue weighted by atomic mass is 10.1. The van der Waals surface area contributed by atoms with Crippen LogP contribution in [0.3, 0.4) is 0 Å². The lowest BCUT2D eigenvalue weighted by Gasteiger charge is -2.07. The van der Waals surface area contributed by atoms with Gasteiger partial charge in [-0.05, 0) is 30.5 Å². The largest absolute Gasteiger partial charge is 0.494 e. The van der Waals surface area contributed by atoms with Gasteiger partial charge in [-0.2, -0.15) is 0 Å². The van der Waals surface area contributed by atoms with Gasteiger partial charge in [-0.25, -0.2) is 4.98 Å². The summed E-state index contributed by atoms with van der Waals surface area (Å²) in [4.78, 5) is 4.32. The zero-order chi connectivity index (χ0) is 14.7. The molecule has 0 saturated heterocycles. The van der Waals surface area contributed by atoms with Crippen LogP contribution >= 0.6 is 0 Å². The summed E-state index contributed by atoms with van der Waals surface area (Å²) in [6, 6.07) is 17.6. The second-order valence-corrected chi connectivity index (χ2v) is 4.67. The number of pyridine rings is 1. The first-order valence-corrected chi connectivity index (χ1v) is 6.69. The van der Waals surface area contributed by atoms with Crippen LogP contribution in [0.15, 0.2) is 64.8 Å². The third-order valence-electron chi connectivity index (χ3n) is 3.21. The van der Waals surface area contributed by atoms with Gasteiger partial charge in [-0.3, -0.25) is 0 Å². The number of benzene rings is 2. The Bertz CT molecular complexity index is 812. The van der Waals surface area contributed by atoms with E-state index in [4.69, 9.17) is 4.74 Å². The van der Waals surface area contributed by atoms with Gasteiger partial charge >= 0.3 is 0 Å². The van der Waals surface area contributed by atoms with Gasteiger partial charge in [0.2, 0.25) is 0 Å². The molecule has 0 aliphatic rings. The third kappa shape index (κ3) is 2.74. The Labute approximate surface area is 123 Å². The molecule has 2 aromatic carbocycles. The second kappa shape index (κ2) is 5.71. The first-order chi connectivity index (χ1) is 10.3. The van der Waals surface area contributed by atoms with E-state index in [2.05, 4.69) is 15.2 Å². The van der Waals surface area contributed by atoms with E-state index in [0.29, 0.717) is 11.6 Å². The number of rotatable bonds is 3. The highest BCUT2D eigenvalue weighted by Gasteiger charge is 2.07. The summed E-state index contributed by atoms with van der Waals surface area (Å²) in [5, 5.41) is 10.7. The van der Waals surface area contributed by atoms with E-state index in [9.17, 15) is 0 Å². The average Bonchev–Trinajstić information content (AvgIpc) is 2.52. The molecule has 1 aromatic heterocycles. The first-order valence-electron chi connectivity index (χ1n) is 6.69. The zero-order valence-electron chi connectivity index (χ0n) is 11.9. The number of methoxy groups -OCH3 is 1. The van der Waals surface area contributed by atoms with E-state index < -0.39 is 0 Å². The SMILES string of the molecule is COc1ccc2ccccc2c1N=Nc1cccc(C)n1. The van der Waals surface area contributed by atoms with Crippen LogP contribution in [0.2, 0.25) is 0 Å². The van der Waals surface area contributed by atoms with Crippen molar-refractivity contribution in [2.75, 3.05) is 7.11 Å². The molecule has 0 spiro atoms. The molecule has 0 radical (unpaired) electrons. The molecule has 3 aromatic rings. The van der Waals surface area contributed by atoms with E-state index >= 15 is 0 Å². The zero-order valence-corrected chi connectivity index (χ0v) is 11.9. The number of nitrogens with zero attached hydrogens (tertiary/aromatic N) is 3. The molecule has 0 N–H and O–H groups in total. The van der Waals surface area contributed by atoms with Crippen LogP contribution in [0.5, 0.6) is 5.75 Å². The fourth-order valence-electron chi connectivity index (χ4n) is 2.19. The van der Waals surface area contributed by atoms with Crippen LogP contribution in [0.4, 0.5) is 11.5 Å². The molecule has 0 saturated carbocycles. The number of aryl methyl sites for hydroxylation is 1. The summed E-state index contributed by atoms with van der Waals surface area (Å²) in [6.07, 6.45) is 0. The van der Waals surface area contributed by atoms with Gasteiger partial charge in [0.1, 0.15) is 11.4 Å². The number of hydrogen-bond acceptors (Lipinski definition) is 4. The summed E-state index contributed by atoms with van der Waals surface area (Å²) in [5.74, 6) is 1.29. The predicted octanol–water partition coefficient (Wildman–Crippen LogP) is 4.97. The average molecular weight is 277 g/mol. The first kappa shape index (κ1) is 13.2. The van der Waals surface area contributed by atoms with Crippen molar-refractivity contribution in [3.8, 4) is 5.75 Å². The molecule has 4 nitrogen and oxygen atoms in total. The summed E-state index contributed by atoms with van der Waals surface area (Å²) in [5.41, 5.74) is 1.63. The van der Waals surface area contributed by atoms with Crippen LogP contribution in [0.1, 0.15) is 5.69 Å². The van der Waals surface area contributed by atoms with Crippen LogP contribution in [0, 0.1) is 6.92 Å². The summed E-state index contributed by atoms with van der Waals surface area (Å²) in [6.45, 7) is 1.93. The normalized spacial score (nSPS) is 11.1. The van der Waals surface area contributed by atoms with Crippen LogP contribution < -0.4 is 4.74 Å². The summed E-state index contributed by atoms with van der Waals surface area (Å²) >= 11 is 0. The van der Waals surface area contributed by atoms with Gasteiger partial charge < -0.3 is 4.74 Å². The van der Waals surface area contributed by atoms with E-state index in [1.807, 2.05) is 61.5 Å². The maximum Gasteiger partial charge on any atom is 0.174 e. The Morgan fingerprint density at radius 2 is 1.76 bits per heavy atom. The molecular formula is C17H15N3O. The number of fused-ring (bicyclic) bond motifs is 1. The molecule has 0 fully saturated rings. The lowest BCUT2D eigenvalue weighted by Crippen LogP contribution is -1.84. The van der Waals surface area contributed by atoms with Gasteiger partial charge in [-0.1, -0.05) is 36.4 Å². The highest BCUT2D eigenvalue weighted by molar-refractivity contribution is 5.95. The highest BCUT2D eigenvalue weighted by atomic mass is 16.5. The minimum absolute atomic E-state index is 0.588. The number of aromatic nitrogens is 1. The highest BCUT2D eigenvalue weighted by Crippen LogP contribution is 2.36. The Morgan fingerprint density at radius 1 is 0.905 bits per heavy atom. The fourth-order valence-corrected chi connectivity index (χ4v) is 2.19. The quantitative estimate of drug-likeness (QED) is 0.635. The lowest BCUT2D eigenvalue weighted by molar-refractivity contribution is 0.416. The molecular weight excluding hydrogens is 262 g/mol. The Kier molecular flexibility index (Phi) is 3.60. The van der Waals surface area contributed by atoms with Gasteiger partial charge in [-0.15, -0.1) is 10.2 Å². The minimum atomic E-state index is 0.588. The van der Waals surface area contributed by atoms with E-state index in [1.54, 1.807) is 7.11 Å². The molecule has 4 heteroatoms. The van der Waals surface area contributed by atoms with Gasteiger partial charge in [0, 0.05) is 11.1 Å².